The molecule has 0 aromatic rings. The largest absolute Gasteiger partial charge is 0.391 e. The van der Waals surface area contributed by atoms with E-state index in [-0.39, 0.29) is 49.3 Å². The van der Waals surface area contributed by atoms with Gasteiger partial charge in [-0.3, -0.25) is 9.59 Å². The van der Waals surface area contributed by atoms with Crippen LogP contribution >= 0.6 is 0 Å². The highest BCUT2D eigenvalue weighted by atomic mass is 19.4. The van der Waals surface area contributed by atoms with E-state index in [1.54, 1.807) is 0 Å². The SMILES string of the molecule is CN1N=C(C(=O)NC2CCC(C(F)(F)F)CC2)CCC1=O. The molecule has 0 unspecified atom stereocenters. The number of nitrogens with one attached hydrogen (secondary N) is 1. The second kappa shape index (κ2) is 6.03. The van der Waals surface area contributed by atoms with Crippen LogP contribution in [0.3, 0.4) is 0 Å². The minimum atomic E-state index is -4.15. The lowest BCUT2D eigenvalue weighted by Crippen LogP contribution is -2.44. The molecule has 2 aliphatic rings. The minimum Gasteiger partial charge on any atom is -0.348 e. The average molecular weight is 305 g/mol. The zero-order valence-electron chi connectivity index (χ0n) is 11.7. The molecule has 2 rings (SSSR count). The normalized spacial score (nSPS) is 27.3. The number of carbonyl (C=O) groups is 2. The zero-order chi connectivity index (χ0) is 15.6. The fourth-order valence-corrected chi connectivity index (χ4v) is 2.67. The standard InChI is InChI=1S/C13H18F3N3O2/c1-19-11(20)7-6-10(18-19)12(21)17-9-4-2-8(3-5-9)13(14,15)16/h8-9H,2-7H2,1H3,(H,17,21). The lowest BCUT2D eigenvalue weighted by molar-refractivity contribution is -0.182. The number of hydrazone groups is 1. The van der Waals surface area contributed by atoms with Gasteiger partial charge >= 0.3 is 6.18 Å². The lowest BCUT2D eigenvalue weighted by Gasteiger charge is -2.30. The molecule has 118 valence electrons. The number of hydrogen-bond acceptors (Lipinski definition) is 3. The fourth-order valence-electron chi connectivity index (χ4n) is 2.67. The van der Waals surface area contributed by atoms with Crippen LogP contribution in [0, 0.1) is 5.92 Å². The van der Waals surface area contributed by atoms with E-state index in [1.165, 1.54) is 7.05 Å². The van der Waals surface area contributed by atoms with Crippen LogP contribution in [0.4, 0.5) is 13.2 Å². The number of nitrogens with zero attached hydrogens (tertiary/aromatic N) is 2. The third kappa shape index (κ3) is 3.95. The molecule has 1 heterocycles. The van der Waals surface area contributed by atoms with Gasteiger partial charge in [0, 0.05) is 25.9 Å². The van der Waals surface area contributed by atoms with Crippen LogP contribution in [0.1, 0.15) is 38.5 Å². The predicted molar refractivity (Wildman–Crippen MR) is 69.4 cm³/mol. The molecule has 1 fully saturated rings. The Balaban J connectivity index is 1.85. The van der Waals surface area contributed by atoms with E-state index in [2.05, 4.69) is 10.4 Å². The first-order valence-electron chi connectivity index (χ1n) is 6.99. The van der Waals surface area contributed by atoms with Crippen LogP contribution in [-0.2, 0) is 9.59 Å². The monoisotopic (exact) mass is 305 g/mol. The van der Waals surface area contributed by atoms with Crippen molar-refractivity contribution in [2.75, 3.05) is 7.05 Å². The van der Waals surface area contributed by atoms with Crippen molar-refractivity contribution in [3.63, 3.8) is 0 Å². The summed E-state index contributed by atoms with van der Waals surface area (Å²) in [4.78, 5) is 23.3. The van der Waals surface area contributed by atoms with E-state index >= 15 is 0 Å². The Hall–Kier alpha value is -1.60. The third-order valence-corrected chi connectivity index (χ3v) is 3.99. The number of halogens is 3. The van der Waals surface area contributed by atoms with Gasteiger partial charge in [-0.05, 0) is 25.7 Å². The summed E-state index contributed by atoms with van der Waals surface area (Å²) in [5, 5.41) is 7.74. The number of rotatable bonds is 2. The lowest BCUT2D eigenvalue weighted by atomic mass is 9.85. The van der Waals surface area contributed by atoms with Crippen LogP contribution < -0.4 is 5.32 Å². The zero-order valence-corrected chi connectivity index (χ0v) is 11.7. The second-order valence-electron chi connectivity index (χ2n) is 5.53. The highest BCUT2D eigenvalue weighted by Crippen LogP contribution is 2.37. The third-order valence-electron chi connectivity index (χ3n) is 3.99. The van der Waals surface area contributed by atoms with Gasteiger partial charge in [0.2, 0.25) is 5.91 Å². The Kier molecular flexibility index (Phi) is 4.53. The molecule has 21 heavy (non-hydrogen) atoms. The van der Waals surface area contributed by atoms with Crippen molar-refractivity contribution < 1.29 is 22.8 Å². The van der Waals surface area contributed by atoms with Gasteiger partial charge in [-0.1, -0.05) is 0 Å². The van der Waals surface area contributed by atoms with Gasteiger partial charge in [0.15, 0.2) is 0 Å². The molecular weight excluding hydrogens is 287 g/mol. The summed E-state index contributed by atoms with van der Waals surface area (Å²) in [6.07, 6.45) is -2.93. The quantitative estimate of drug-likeness (QED) is 0.846. The van der Waals surface area contributed by atoms with Crippen molar-refractivity contribution in [1.29, 1.82) is 0 Å². The number of amides is 2. The summed E-state index contributed by atoms with van der Waals surface area (Å²) in [6.45, 7) is 0. The summed E-state index contributed by atoms with van der Waals surface area (Å²) < 4.78 is 37.7. The van der Waals surface area contributed by atoms with Crippen LogP contribution in [-0.4, -0.2) is 41.8 Å². The van der Waals surface area contributed by atoms with Gasteiger partial charge < -0.3 is 5.32 Å². The topological polar surface area (TPSA) is 61.8 Å². The summed E-state index contributed by atoms with van der Waals surface area (Å²) in [5.41, 5.74) is 0.259. The Morgan fingerprint density at radius 1 is 1.24 bits per heavy atom. The molecule has 5 nitrogen and oxygen atoms in total. The molecule has 1 aliphatic carbocycles. The molecule has 0 aromatic carbocycles. The van der Waals surface area contributed by atoms with Gasteiger partial charge in [0.25, 0.3) is 5.91 Å². The van der Waals surface area contributed by atoms with Crippen molar-refractivity contribution in [3.05, 3.63) is 0 Å². The van der Waals surface area contributed by atoms with Gasteiger partial charge in [0.1, 0.15) is 5.71 Å². The first kappa shape index (κ1) is 15.8. The van der Waals surface area contributed by atoms with Crippen LogP contribution in [0.25, 0.3) is 0 Å². The van der Waals surface area contributed by atoms with Crippen molar-refractivity contribution in [2.45, 2.75) is 50.7 Å². The fraction of sp³-hybridized carbons (Fsp3) is 0.769. The van der Waals surface area contributed by atoms with Gasteiger partial charge in [-0.25, -0.2) is 5.01 Å². The molecule has 0 aromatic heterocycles. The van der Waals surface area contributed by atoms with Gasteiger partial charge in [-0.2, -0.15) is 18.3 Å². The Morgan fingerprint density at radius 3 is 2.38 bits per heavy atom. The van der Waals surface area contributed by atoms with Gasteiger partial charge in [0.05, 0.1) is 5.92 Å². The minimum absolute atomic E-state index is 0.0410. The summed E-state index contributed by atoms with van der Waals surface area (Å²) in [5.74, 6) is -1.80. The van der Waals surface area contributed by atoms with E-state index < -0.39 is 12.1 Å². The average Bonchev–Trinajstić information content (AvgIpc) is 2.41. The van der Waals surface area contributed by atoms with Crippen molar-refractivity contribution >= 4 is 17.5 Å². The Bertz CT molecular complexity index is 454. The van der Waals surface area contributed by atoms with Crippen LogP contribution in [0.15, 0.2) is 5.10 Å². The van der Waals surface area contributed by atoms with Gasteiger partial charge in [-0.15, -0.1) is 0 Å². The number of hydrogen-bond donors (Lipinski definition) is 1. The molecule has 8 heteroatoms. The molecule has 0 saturated heterocycles. The molecule has 1 saturated carbocycles. The predicted octanol–water partition coefficient (Wildman–Crippen LogP) is 1.83. The number of carbonyl (C=O) groups excluding carboxylic acids is 2. The van der Waals surface area contributed by atoms with E-state index in [9.17, 15) is 22.8 Å². The Labute approximate surface area is 120 Å². The van der Waals surface area contributed by atoms with E-state index in [1.807, 2.05) is 0 Å². The van der Waals surface area contributed by atoms with E-state index in [0.717, 1.165) is 5.01 Å². The highest BCUT2D eigenvalue weighted by molar-refractivity contribution is 6.39. The molecular formula is C13H18F3N3O2. The maximum absolute atomic E-state index is 12.6. The summed E-state index contributed by atoms with van der Waals surface area (Å²) in [7, 11) is 1.48. The molecule has 0 bridgehead atoms. The molecule has 1 N–H and O–H groups in total. The van der Waals surface area contributed by atoms with Crippen LogP contribution in [0.2, 0.25) is 0 Å². The molecule has 2 amide bonds. The molecule has 1 aliphatic heterocycles. The number of alkyl halides is 3. The van der Waals surface area contributed by atoms with Crippen molar-refractivity contribution in [2.24, 2.45) is 11.0 Å². The summed E-state index contributed by atoms with van der Waals surface area (Å²) in [6, 6.07) is -0.248. The first-order valence-corrected chi connectivity index (χ1v) is 6.99. The van der Waals surface area contributed by atoms with Crippen molar-refractivity contribution in [1.82, 2.24) is 10.3 Å². The molecule has 0 spiro atoms. The molecule has 0 atom stereocenters. The maximum Gasteiger partial charge on any atom is 0.391 e. The maximum atomic E-state index is 12.6. The smallest absolute Gasteiger partial charge is 0.348 e. The highest BCUT2D eigenvalue weighted by Gasteiger charge is 2.41. The summed E-state index contributed by atoms with van der Waals surface area (Å²) >= 11 is 0. The van der Waals surface area contributed by atoms with E-state index in [4.69, 9.17) is 0 Å². The van der Waals surface area contributed by atoms with Crippen molar-refractivity contribution in [3.8, 4) is 0 Å². The first-order chi connectivity index (χ1) is 9.77. The van der Waals surface area contributed by atoms with E-state index in [0.29, 0.717) is 12.8 Å². The second-order valence-corrected chi connectivity index (χ2v) is 5.53. The Morgan fingerprint density at radius 2 is 1.86 bits per heavy atom. The molecule has 0 radical (unpaired) electrons. The van der Waals surface area contributed by atoms with Crippen LogP contribution in [0.5, 0.6) is 0 Å².